The van der Waals surface area contributed by atoms with Crippen LogP contribution in [0.3, 0.4) is 0 Å². The smallest absolute Gasteiger partial charge is 0.101 e. The van der Waals surface area contributed by atoms with Gasteiger partial charge in [-0.25, -0.2) is 0 Å². The normalized spacial score (nSPS) is 27.4. The van der Waals surface area contributed by atoms with Crippen LogP contribution >= 0.6 is 0 Å². The Kier molecular flexibility index (Phi) is 7.04. The lowest BCUT2D eigenvalue weighted by molar-refractivity contribution is -0.0638. The van der Waals surface area contributed by atoms with Crippen LogP contribution in [0, 0.1) is 0 Å². The van der Waals surface area contributed by atoms with Gasteiger partial charge < -0.3 is 19.9 Å². The van der Waals surface area contributed by atoms with Crippen LogP contribution in [-0.2, 0) is 9.47 Å². The minimum atomic E-state index is -0.501. The number of rotatable bonds is 7. The molecule has 0 saturated heterocycles. The molecular formula is C13H27NO3. The molecule has 102 valence electrons. The quantitative estimate of drug-likeness (QED) is 0.710. The number of aliphatic hydroxyl groups excluding tert-OH is 1. The number of hydrogen-bond donors (Lipinski definition) is 2. The molecule has 1 saturated carbocycles. The van der Waals surface area contributed by atoms with Crippen molar-refractivity contribution in [1.29, 1.82) is 0 Å². The number of aliphatic hydroxyl groups is 1. The fourth-order valence-corrected chi connectivity index (χ4v) is 2.12. The van der Waals surface area contributed by atoms with Crippen LogP contribution in [0.15, 0.2) is 0 Å². The Morgan fingerprint density at radius 1 is 1.18 bits per heavy atom. The van der Waals surface area contributed by atoms with Crippen LogP contribution in [0.1, 0.15) is 39.5 Å². The van der Waals surface area contributed by atoms with Gasteiger partial charge in [-0.15, -0.1) is 0 Å². The van der Waals surface area contributed by atoms with Crippen molar-refractivity contribution in [3.8, 4) is 0 Å². The molecule has 0 aromatic heterocycles. The summed E-state index contributed by atoms with van der Waals surface area (Å²) >= 11 is 0. The predicted molar refractivity (Wildman–Crippen MR) is 68.2 cm³/mol. The Morgan fingerprint density at radius 2 is 1.82 bits per heavy atom. The van der Waals surface area contributed by atoms with Gasteiger partial charge in [0.2, 0.25) is 0 Å². The van der Waals surface area contributed by atoms with Crippen LogP contribution in [-0.4, -0.2) is 49.7 Å². The molecule has 1 aliphatic carbocycles. The van der Waals surface area contributed by atoms with Gasteiger partial charge in [0.25, 0.3) is 0 Å². The molecular weight excluding hydrogens is 218 g/mol. The van der Waals surface area contributed by atoms with Gasteiger partial charge in [-0.05, 0) is 46.6 Å². The van der Waals surface area contributed by atoms with E-state index in [2.05, 4.69) is 5.32 Å². The minimum Gasteiger partial charge on any atom is -0.388 e. The van der Waals surface area contributed by atoms with Crippen LogP contribution < -0.4 is 5.32 Å². The summed E-state index contributed by atoms with van der Waals surface area (Å²) in [5.41, 5.74) is 0. The van der Waals surface area contributed by atoms with E-state index in [1.54, 1.807) is 0 Å². The standard InChI is InChI=1S/C13H27NO3/c1-10(2)16-8-12(15)9-17-13-6-4-11(14-3)5-7-13/h10-15H,4-9H2,1-3H3. The van der Waals surface area contributed by atoms with Gasteiger partial charge in [-0.3, -0.25) is 0 Å². The Morgan fingerprint density at radius 3 is 2.35 bits per heavy atom. The van der Waals surface area contributed by atoms with Crippen molar-refractivity contribution in [3.63, 3.8) is 0 Å². The van der Waals surface area contributed by atoms with Gasteiger partial charge in [-0.2, -0.15) is 0 Å². The average molecular weight is 245 g/mol. The summed E-state index contributed by atoms with van der Waals surface area (Å²) in [7, 11) is 2.01. The number of nitrogens with one attached hydrogen (secondary N) is 1. The van der Waals surface area contributed by atoms with Crippen molar-refractivity contribution in [2.45, 2.75) is 63.9 Å². The highest BCUT2D eigenvalue weighted by Gasteiger charge is 2.21. The fourth-order valence-electron chi connectivity index (χ4n) is 2.12. The van der Waals surface area contributed by atoms with Crippen molar-refractivity contribution >= 4 is 0 Å². The zero-order valence-electron chi connectivity index (χ0n) is 11.3. The predicted octanol–water partition coefficient (Wildman–Crippen LogP) is 1.32. The van der Waals surface area contributed by atoms with Crippen molar-refractivity contribution in [2.75, 3.05) is 20.3 Å². The molecule has 1 rings (SSSR count). The molecule has 0 radical (unpaired) electrons. The Bertz CT molecular complexity index is 191. The molecule has 1 atom stereocenters. The molecule has 1 unspecified atom stereocenters. The van der Waals surface area contributed by atoms with Gasteiger partial charge in [0.1, 0.15) is 6.10 Å². The molecule has 2 N–H and O–H groups in total. The van der Waals surface area contributed by atoms with E-state index < -0.39 is 6.10 Å². The first-order valence-corrected chi connectivity index (χ1v) is 6.70. The second-order valence-corrected chi connectivity index (χ2v) is 5.13. The van der Waals surface area contributed by atoms with E-state index in [9.17, 15) is 5.11 Å². The lowest BCUT2D eigenvalue weighted by Gasteiger charge is -2.28. The Balaban J connectivity index is 2.06. The molecule has 4 heteroatoms. The first-order valence-electron chi connectivity index (χ1n) is 6.70. The number of hydrogen-bond acceptors (Lipinski definition) is 4. The summed E-state index contributed by atoms with van der Waals surface area (Å²) < 4.78 is 11.1. The van der Waals surface area contributed by atoms with Crippen LogP contribution in [0.4, 0.5) is 0 Å². The third kappa shape index (κ3) is 6.36. The highest BCUT2D eigenvalue weighted by atomic mass is 16.5. The summed E-state index contributed by atoms with van der Waals surface area (Å²) in [6.45, 7) is 4.68. The van der Waals surface area contributed by atoms with E-state index in [-0.39, 0.29) is 6.10 Å². The molecule has 1 aliphatic rings. The van der Waals surface area contributed by atoms with E-state index in [0.717, 1.165) is 12.8 Å². The highest BCUT2D eigenvalue weighted by Crippen LogP contribution is 2.21. The van der Waals surface area contributed by atoms with Gasteiger partial charge in [0.05, 0.1) is 25.4 Å². The Hall–Kier alpha value is -0.160. The van der Waals surface area contributed by atoms with Crippen molar-refractivity contribution in [1.82, 2.24) is 5.32 Å². The molecule has 17 heavy (non-hydrogen) atoms. The summed E-state index contributed by atoms with van der Waals surface area (Å²) in [5.74, 6) is 0. The second-order valence-electron chi connectivity index (χ2n) is 5.13. The minimum absolute atomic E-state index is 0.163. The largest absolute Gasteiger partial charge is 0.388 e. The zero-order chi connectivity index (χ0) is 12.7. The van der Waals surface area contributed by atoms with Crippen molar-refractivity contribution < 1.29 is 14.6 Å². The molecule has 0 spiro atoms. The van der Waals surface area contributed by atoms with Crippen LogP contribution in [0.2, 0.25) is 0 Å². The van der Waals surface area contributed by atoms with Gasteiger partial charge in [0.15, 0.2) is 0 Å². The SMILES string of the molecule is CNC1CCC(OCC(O)COC(C)C)CC1. The van der Waals surface area contributed by atoms with E-state index in [0.29, 0.717) is 25.4 Å². The maximum absolute atomic E-state index is 9.66. The van der Waals surface area contributed by atoms with Crippen molar-refractivity contribution in [3.05, 3.63) is 0 Å². The first-order chi connectivity index (χ1) is 8.11. The van der Waals surface area contributed by atoms with E-state index in [4.69, 9.17) is 9.47 Å². The molecule has 0 aliphatic heterocycles. The van der Waals surface area contributed by atoms with Gasteiger partial charge in [0, 0.05) is 6.04 Å². The maximum atomic E-state index is 9.66. The third-order valence-electron chi connectivity index (χ3n) is 3.23. The molecule has 0 bridgehead atoms. The van der Waals surface area contributed by atoms with Crippen LogP contribution in [0.5, 0.6) is 0 Å². The van der Waals surface area contributed by atoms with Gasteiger partial charge >= 0.3 is 0 Å². The summed E-state index contributed by atoms with van der Waals surface area (Å²) in [4.78, 5) is 0. The lowest BCUT2D eigenvalue weighted by atomic mass is 9.93. The molecule has 0 heterocycles. The average Bonchev–Trinajstić information content (AvgIpc) is 2.34. The summed E-state index contributed by atoms with van der Waals surface area (Å²) in [6.07, 6.45) is 4.48. The fraction of sp³-hybridized carbons (Fsp3) is 1.00. The topological polar surface area (TPSA) is 50.7 Å². The van der Waals surface area contributed by atoms with E-state index in [1.165, 1.54) is 12.8 Å². The summed E-state index contributed by atoms with van der Waals surface area (Å²) in [6, 6.07) is 0.643. The first kappa shape index (κ1) is 14.9. The number of ether oxygens (including phenoxy) is 2. The van der Waals surface area contributed by atoms with Gasteiger partial charge in [-0.1, -0.05) is 0 Å². The van der Waals surface area contributed by atoms with Crippen molar-refractivity contribution in [2.24, 2.45) is 0 Å². The van der Waals surface area contributed by atoms with E-state index >= 15 is 0 Å². The second kappa shape index (κ2) is 8.03. The molecule has 0 aromatic carbocycles. The monoisotopic (exact) mass is 245 g/mol. The zero-order valence-corrected chi connectivity index (χ0v) is 11.3. The Labute approximate surface area is 105 Å². The summed E-state index contributed by atoms with van der Waals surface area (Å²) in [5, 5.41) is 13.0. The molecule has 1 fully saturated rings. The van der Waals surface area contributed by atoms with E-state index in [1.807, 2.05) is 20.9 Å². The highest BCUT2D eigenvalue weighted by molar-refractivity contribution is 4.76. The molecule has 0 amide bonds. The molecule has 0 aromatic rings. The van der Waals surface area contributed by atoms with Crippen LogP contribution in [0.25, 0.3) is 0 Å². The third-order valence-corrected chi connectivity index (χ3v) is 3.23. The lowest BCUT2D eigenvalue weighted by Crippen LogP contribution is -2.34. The molecule has 4 nitrogen and oxygen atoms in total. The maximum Gasteiger partial charge on any atom is 0.101 e.